The van der Waals surface area contributed by atoms with Crippen LogP contribution in [0.1, 0.15) is 26.2 Å². The summed E-state index contributed by atoms with van der Waals surface area (Å²) in [7, 11) is 0. The number of hydrogen-bond donors (Lipinski definition) is 1. The number of carboxylic acids is 1. The second-order valence-corrected chi connectivity index (χ2v) is 5.43. The van der Waals surface area contributed by atoms with Crippen molar-refractivity contribution >= 4 is 23.6 Å². The van der Waals surface area contributed by atoms with E-state index in [0.29, 0.717) is 12.5 Å². The van der Waals surface area contributed by atoms with Crippen LogP contribution in [0, 0.1) is 5.92 Å². The summed E-state index contributed by atoms with van der Waals surface area (Å²) in [6.07, 6.45) is 4.28. The fourth-order valence-corrected chi connectivity index (χ4v) is 1.84. The monoisotopic (exact) mass is 245 g/mol. The minimum Gasteiger partial charge on any atom is -0.481 e. The molecule has 1 unspecified atom stereocenters. The number of thioether (sulfide) groups is 1. The van der Waals surface area contributed by atoms with E-state index in [0.717, 1.165) is 6.54 Å². The maximum atomic E-state index is 12.0. The third kappa shape index (κ3) is 4.43. The predicted molar refractivity (Wildman–Crippen MR) is 64.5 cm³/mol. The quantitative estimate of drug-likeness (QED) is 0.737. The Hall–Kier alpha value is -0.710. The lowest BCUT2D eigenvalue weighted by Crippen LogP contribution is -2.39. The van der Waals surface area contributed by atoms with Gasteiger partial charge in [-0.15, -0.1) is 0 Å². The highest BCUT2D eigenvalue weighted by Crippen LogP contribution is 2.30. The van der Waals surface area contributed by atoms with E-state index in [-0.39, 0.29) is 17.6 Å². The van der Waals surface area contributed by atoms with Crippen LogP contribution in [0.15, 0.2) is 0 Å². The van der Waals surface area contributed by atoms with E-state index in [1.54, 1.807) is 4.90 Å². The molecule has 0 aromatic rings. The molecule has 1 N–H and O–H groups in total. The fourth-order valence-electron chi connectivity index (χ4n) is 1.49. The van der Waals surface area contributed by atoms with Crippen molar-refractivity contribution in [1.82, 2.24) is 4.90 Å². The Labute approximate surface area is 100 Å². The third-order valence-corrected chi connectivity index (χ3v) is 3.69. The zero-order valence-corrected chi connectivity index (χ0v) is 10.6. The molecule has 92 valence electrons. The number of nitrogens with zero attached hydrogens (tertiary/aromatic N) is 1. The lowest BCUT2D eigenvalue weighted by Gasteiger charge is -2.24. The smallest absolute Gasteiger partial charge is 0.305 e. The summed E-state index contributed by atoms with van der Waals surface area (Å²) >= 11 is 1.50. The van der Waals surface area contributed by atoms with E-state index in [1.807, 2.05) is 13.2 Å². The van der Waals surface area contributed by atoms with Crippen molar-refractivity contribution in [2.45, 2.75) is 31.4 Å². The van der Waals surface area contributed by atoms with Crippen LogP contribution in [0.4, 0.5) is 0 Å². The maximum absolute atomic E-state index is 12.0. The predicted octanol–water partition coefficient (Wildman–Crippen LogP) is 1.45. The Bertz CT molecular complexity index is 266. The van der Waals surface area contributed by atoms with E-state index >= 15 is 0 Å². The van der Waals surface area contributed by atoms with Crippen LogP contribution < -0.4 is 0 Å². The van der Waals surface area contributed by atoms with Crippen LogP contribution in [0.5, 0.6) is 0 Å². The molecular formula is C11H19NO3S. The number of rotatable bonds is 7. The zero-order valence-electron chi connectivity index (χ0n) is 9.81. The normalized spacial score (nSPS) is 16.9. The molecule has 0 aromatic carbocycles. The Morgan fingerprint density at radius 2 is 2.12 bits per heavy atom. The van der Waals surface area contributed by atoms with Crippen molar-refractivity contribution in [1.29, 1.82) is 0 Å². The Morgan fingerprint density at radius 3 is 2.56 bits per heavy atom. The van der Waals surface area contributed by atoms with Gasteiger partial charge in [0.05, 0.1) is 11.7 Å². The average molecular weight is 245 g/mol. The zero-order chi connectivity index (χ0) is 12.1. The summed E-state index contributed by atoms with van der Waals surface area (Å²) in [6, 6.07) is 0. The number of carbonyl (C=O) groups is 2. The summed E-state index contributed by atoms with van der Waals surface area (Å²) in [5.74, 6) is -0.169. The highest BCUT2D eigenvalue weighted by Gasteiger charge is 2.28. The average Bonchev–Trinajstić information content (AvgIpc) is 3.05. The van der Waals surface area contributed by atoms with Crippen molar-refractivity contribution in [2.75, 3.05) is 19.3 Å². The van der Waals surface area contributed by atoms with Gasteiger partial charge in [-0.05, 0) is 31.9 Å². The molecule has 5 heteroatoms. The first kappa shape index (κ1) is 13.4. The van der Waals surface area contributed by atoms with Gasteiger partial charge in [0.25, 0.3) is 0 Å². The van der Waals surface area contributed by atoms with Gasteiger partial charge in [-0.2, -0.15) is 11.8 Å². The lowest BCUT2D eigenvalue weighted by molar-refractivity contribution is -0.138. The van der Waals surface area contributed by atoms with Gasteiger partial charge >= 0.3 is 5.97 Å². The highest BCUT2D eigenvalue weighted by atomic mass is 32.2. The van der Waals surface area contributed by atoms with Crippen LogP contribution in [0.2, 0.25) is 0 Å². The number of aliphatic carboxylic acids is 1. The molecule has 16 heavy (non-hydrogen) atoms. The molecule has 0 spiro atoms. The lowest BCUT2D eigenvalue weighted by atomic mass is 10.3. The molecule has 0 bridgehead atoms. The minimum absolute atomic E-state index is 0.0412. The summed E-state index contributed by atoms with van der Waals surface area (Å²) in [4.78, 5) is 24.2. The van der Waals surface area contributed by atoms with Gasteiger partial charge in [0.2, 0.25) is 5.91 Å². The Kier molecular flexibility index (Phi) is 5.12. The van der Waals surface area contributed by atoms with Crippen molar-refractivity contribution < 1.29 is 14.7 Å². The van der Waals surface area contributed by atoms with Crippen molar-refractivity contribution in [2.24, 2.45) is 5.92 Å². The number of carbonyl (C=O) groups excluding carboxylic acids is 1. The van der Waals surface area contributed by atoms with Crippen LogP contribution in [-0.4, -0.2) is 46.5 Å². The first-order valence-corrected chi connectivity index (χ1v) is 6.86. The summed E-state index contributed by atoms with van der Waals surface area (Å²) in [5.41, 5.74) is 0. The van der Waals surface area contributed by atoms with Gasteiger partial charge in [-0.25, -0.2) is 0 Å². The summed E-state index contributed by atoms with van der Waals surface area (Å²) < 4.78 is 0. The molecule has 1 rings (SSSR count). The Morgan fingerprint density at radius 1 is 1.50 bits per heavy atom. The molecule has 0 saturated heterocycles. The van der Waals surface area contributed by atoms with E-state index in [2.05, 4.69) is 0 Å². The van der Waals surface area contributed by atoms with Crippen LogP contribution in [0.3, 0.4) is 0 Å². The third-order valence-electron chi connectivity index (χ3n) is 2.78. The van der Waals surface area contributed by atoms with Crippen molar-refractivity contribution in [3.05, 3.63) is 0 Å². The topological polar surface area (TPSA) is 57.6 Å². The van der Waals surface area contributed by atoms with Crippen molar-refractivity contribution in [3.8, 4) is 0 Å². The second-order valence-electron chi connectivity index (χ2n) is 4.25. The molecule has 1 fully saturated rings. The van der Waals surface area contributed by atoms with Crippen molar-refractivity contribution in [3.63, 3.8) is 0 Å². The van der Waals surface area contributed by atoms with Gasteiger partial charge in [0.1, 0.15) is 0 Å². The number of amides is 1. The largest absolute Gasteiger partial charge is 0.481 e. The molecule has 0 aromatic heterocycles. The molecule has 1 amide bonds. The van der Waals surface area contributed by atoms with Gasteiger partial charge in [-0.1, -0.05) is 0 Å². The SMILES string of the molecule is CSC(C)C(=O)N(CCC(=O)O)CC1CC1. The van der Waals surface area contributed by atoms with E-state index < -0.39 is 5.97 Å². The number of carboxylic acid groups (broad SMARTS) is 1. The first-order valence-electron chi connectivity index (χ1n) is 5.58. The molecule has 1 aliphatic carbocycles. The molecule has 0 aliphatic heterocycles. The van der Waals surface area contributed by atoms with Crippen LogP contribution >= 0.6 is 11.8 Å². The van der Waals surface area contributed by atoms with Gasteiger partial charge < -0.3 is 10.0 Å². The van der Waals surface area contributed by atoms with Gasteiger partial charge in [0, 0.05) is 13.1 Å². The Balaban J connectivity index is 2.47. The second kappa shape index (κ2) is 6.13. The fraction of sp³-hybridized carbons (Fsp3) is 0.818. The molecule has 1 atom stereocenters. The van der Waals surface area contributed by atoms with E-state index in [1.165, 1.54) is 24.6 Å². The van der Waals surface area contributed by atoms with E-state index in [9.17, 15) is 9.59 Å². The highest BCUT2D eigenvalue weighted by molar-refractivity contribution is 7.99. The van der Waals surface area contributed by atoms with Gasteiger partial charge in [-0.3, -0.25) is 9.59 Å². The van der Waals surface area contributed by atoms with Crippen LogP contribution in [0.25, 0.3) is 0 Å². The summed E-state index contributed by atoms with van der Waals surface area (Å²) in [5, 5.41) is 8.57. The standard InChI is InChI=1S/C11H19NO3S/c1-8(16-2)11(15)12(6-5-10(13)14)7-9-3-4-9/h8-9H,3-7H2,1-2H3,(H,13,14). The maximum Gasteiger partial charge on any atom is 0.305 e. The van der Waals surface area contributed by atoms with Gasteiger partial charge in [0.15, 0.2) is 0 Å². The molecular weight excluding hydrogens is 226 g/mol. The van der Waals surface area contributed by atoms with Crippen LogP contribution in [-0.2, 0) is 9.59 Å². The molecule has 1 saturated carbocycles. The molecule has 4 nitrogen and oxygen atoms in total. The van der Waals surface area contributed by atoms with E-state index in [4.69, 9.17) is 5.11 Å². The molecule has 1 aliphatic rings. The summed E-state index contributed by atoms with van der Waals surface area (Å²) in [6.45, 7) is 2.94. The molecule has 0 heterocycles. The number of hydrogen-bond acceptors (Lipinski definition) is 3. The molecule has 0 radical (unpaired) electrons. The minimum atomic E-state index is -0.842. The first-order chi connectivity index (χ1) is 7.54.